The third kappa shape index (κ3) is 5.63. The third-order valence-corrected chi connectivity index (χ3v) is 5.12. The fraction of sp³-hybridized carbons (Fsp3) is 0.476. The number of pyridine rings is 1. The van der Waals surface area contributed by atoms with Gasteiger partial charge in [0.05, 0.1) is 0 Å². The highest BCUT2D eigenvalue weighted by Gasteiger charge is 2.20. The second-order valence-corrected chi connectivity index (χ2v) is 6.94. The van der Waals surface area contributed by atoms with Crippen LogP contribution in [0.5, 0.6) is 0 Å². The van der Waals surface area contributed by atoms with Crippen molar-refractivity contribution in [2.24, 2.45) is 0 Å². The Balaban J connectivity index is 1.43. The maximum Gasteiger partial charge on any atom is 0.0437 e. The molecular weight excluding hydrogens is 310 g/mol. The minimum Gasteiger partial charge on any atom is -0.396 e. The second-order valence-electron chi connectivity index (χ2n) is 6.94. The normalized spacial score (nSPS) is 17.5. The molecule has 4 nitrogen and oxygen atoms in total. The van der Waals surface area contributed by atoms with Crippen LogP contribution in [-0.2, 0) is 6.54 Å². The number of nitrogens with one attached hydrogen (secondary N) is 1. The smallest absolute Gasteiger partial charge is 0.0437 e. The molecule has 2 heterocycles. The number of benzene rings is 1. The van der Waals surface area contributed by atoms with E-state index in [1.54, 1.807) is 0 Å². The highest BCUT2D eigenvalue weighted by Crippen LogP contribution is 2.20. The molecule has 1 unspecified atom stereocenters. The molecule has 4 heteroatoms. The van der Waals surface area contributed by atoms with Gasteiger partial charge in [0.2, 0.25) is 0 Å². The number of aliphatic hydroxyl groups excluding tert-OH is 1. The molecule has 0 saturated carbocycles. The van der Waals surface area contributed by atoms with Crippen LogP contribution in [-0.4, -0.2) is 47.3 Å². The van der Waals surface area contributed by atoms with E-state index in [2.05, 4.69) is 45.5 Å². The average molecular weight is 339 g/mol. The Morgan fingerprint density at radius 3 is 2.60 bits per heavy atom. The van der Waals surface area contributed by atoms with Crippen molar-refractivity contribution in [2.75, 3.05) is 26.2 Å². The van der Waals surface area contributed by atoms with E-state index in [-0.39, 0.29) is 6.61 Å². The van der Waals surface area contributed by atoms with Crippen molar-refractivity contribution in [3.8, 4) is 0 Å². The second kappa shape index (κ2) is 9.66. The van der Waals surface area contributed by atoms with Crippen molar-refractivity contribution >= 4 is 0 Å². The Morgan fingerprint density at radius 1 is 1.12 bits per heavy atom. The molecule has 1 aromatic carbocycles. The quantitative estimate of drug-likeness (QED) is 0.776. The molecule has 1 aliphatic heterocycles. The zero-order chi connectivity index (χ0) is 17.3. The molecule has 1 aliphatic rings. The minimum absolute atomic E-state index is 0.241. The standard InChI is InChI=1S/C21H29N3O/c25-14-10-20(19-6-2-1-3-7-19)16-23-21-8-12-24(13-9-21)17-18-5-4-11-22-15-18/h1-7,11,15,20-21,23,25H,8-10,12-14,16-17H2. The summed E-state index contributed by atoms with van der Waals surface area (Å²) >= 11 is 0. The fourth-order valence-electron chi connectivity index (χ4n) is 3.62. The van der Waals surface area contributed by atoms with E-state index in [9.17, 15) is 5.11 Å². The molecule has 134 valence electrons. The van der Waals surface area contributed by atoms with Gasteiger partial charge in [-0.05, 0) is 55.5 Å². The first-order chi connectivity index (χ1) is 12.3. The molecule has 1 fully saturated rings. The number of likely N-dealkylation sites (tertiary alicyclic amines) is 1. The van der Waals surface area contributed by atoms with Crippen molar-refractivity contribution < 1.29 is 5.11 Å². The number of aliphatic hydroxyl groups is 1. The lowest BCUT2D eigenvalue weighted by Gasteiger charge is -2.33. The highest BCUT2D eigenvalue weighted by atomic mass is 16.3. The Hall–Kier alpha value is -1.75. The van der Waals surface area contributed by atoms with Gasteiger partial charge in [0.25, 0.3) is 0 Å². The fourth-order valence-corrected chi connectivity index (χ4v) is 3.62. The minimum atomic E-state index is 0.241. The SMILES string of the molecule is OCCC(CNC1CCN(Cc2cccnc2)CC1)c1ccccc1. The molecule has 1 saturated heterocycles. The summed E-state index contributed by atoms with van der Waals surface area (Å²) in [5, 5.41) is 13.1. The molecule has 1 aromatic heterocycles. The van der Waals surface area contributed by atoms with Crippen LogP contribution in [0.25, 0.3) is 0 Å². The summed E-state index contributed by atoms with van der Waals surface area (Å²) < 4.78 is 0. The summed E-state index contributed by atoms with van der Waals surface area (Å²) in [5.74, 6) is 0.389. The molecule has 0 spiro atoms. The van der Waals surface area contributed by atoms with Gasteiger partial charge in [-0.2, -0.15) is 0 Å². The van der Waals surface area contributed by atoms with Crippen molar-refractivity contribution in [1.82, 2.24) is 15.2 Å². The lowest BCUT2D eigenvalue weighted by Crippen LogP contribution is -2.43. The number of nitrogens with zero attached hydrogens (tertiary/aromatic N) is 2. The molecule has 3 rings (SSSR count). The Bertz CT molecular complexity index is 597. The number of rotatable bonds is 8. The van der Waals surface area contributed by atoms with Crippen LogP contribution in [0.4, 0.5) is 0 Å². The van der Waals surface area contributed by atoms with E-state index < -0.39 is 0 Å². The first-order valence-electron chi connectivity index (χ1n) is 9.35. The monoisotopic (exact) mass is 339 g/mol. The van der Waals surface area contributed by atoms with E-state index in [1.165, 1.54) is 24.0 Å². The predicted octanol–water partition coefficient (Wildman–Crippen LogP) is 2.80. The lowest BCUT2D eigenvalue weighted by atomic mass is 9.95. The molecule has 25 heavy (non-hydrogen) atoms. The van der Waals surface area contributed by atoms with E-state index in [0.717, 1.165) is 32.6 Å². The van der Waals surface area contributed by atoms with Crippen LogP contribution in [0.3, 0.4) is 0 Å². The number of piperidine rings is 1. The van der Waals surface area contributed by atoms with Gasteiger partial charge in [0.15, 0.2) is 0 Å². The van der Waals surface area contributed by atoms with Crippen LogP contribution in [0.15, 0.2) is 54.9 Å². The van der Waals surface area contributed by atoms with Crippen molar-refractivity contribution in [3.05, 3.63) is 66.0 Å². The third-order valence-electron chi connectivity index (χ3n) is 5.12. The Morgan fingerprint density at radius 2 is 1.92 bits per heavy atom. The lowest BCUT2D eigenvalue weighted by molar-refractivity contribution is 0.188. The Labute approximate surface area is 150 Å². The van der Waals surface area contributed by atoms with Crippen molar-refractivity contribution in [1.29, 1.82) is 0 Å². The Kier molecular flexibility index (Phi) is 6.98. The van der Waals surface area contributed by atoms with Gasteiger partial charge in [-0.3, -0.25) is 9.88 Å². The summed E-state index contributed by atoms with van der Waals surface area (Å²) in [7, 11) is 0. The van der Waals surface area contributed by atoms with Gasteiger partial charge in [0, 0.05) is 38.1 Å². The van der Waals surface area contributed by atoms with Crippen LogP contribution in [0, 0.1) is 0 Å². The first kappa shape index (κ1) is 18.1. The summed E-state index contributed by atoms with van der Waals surface area (Å²) in [6.07, 6.45) is 6.97. The molecule has 2 aromatic rings. The largest absolute Gasteiger partial charge is 0.396 e. The predicted molar refractivity (Wildman–Crippen MR) is 101 cm³/mol. The number of hydrogen-bond acceptors (Lipinski definition) is 4. The van der Waals surface area contributed by atoms with Gasteiger partial charge >= 0.3 is 0 Å². The molecule has 2 N–H and O–H groups in total. The van der Waals surface area contributed by atoms with Crippen LogP contribution in [0.2, 0.25) is 0 Å². The molecular formula is C21H29N3O. The molecule has 0 radical (unpaired) electrons. The molecule has 1 atom stereocenters. The molecule has 0 amide bonds. The number of hydrogen-bond donors (Lipinski definition) is 2. The molecule has 0 aliphatic carbocycles. The zero-order valence-electron chi connectivity index (χ0n) is 14.8. The summed E-state index contributed by atoms with van der Waals surface area (Å²) in [6.45, 7) is 4.44. The van der Waals surface area contributed by atoms with Crippen molar-refractivity contribution in [3.63, 3.8) is 0 Å². The zero-order valence-corrected chi connectivity index (χ0v) is 14.8. The van der Waals surface area contributed by atoms with Gasteiger partial charge in [-0.25, -0.2) is 0 Å². The number of aromatic nitrogens is 1. The first-order valence-corrected chi connectivity index (χ1v) is 9.35. The topological polar surface area (TPSA) is 48.4 Å². The summed E-state index contributed by atoms with van der Waals surface area (Å²) in [4.78, 5) is 6.71. The highest BCUT2D eigenvalue weighted by molar-refractivity contribution is 5.20. The van der Waals surface area contributed by atoms with E-state index in [4.69, 9.17) is 0 Å². The summed E-state index contributed by atoms with van der Waals surface area (Å²) in [5.41, 5.74) is 2.61. The maximum atomic E-state index is 9.37. The maximum absolute atomic E-state index is 9.37. The average Bonchev–Trinajstić information content (AvgIpc) is 2.68. The summed E-state index contributed by atoms with van der Waals surface area (Å²) in [6, 6.07) is 15.3. The van der Waals surface area contributed by atoms with Gasteiger partial charge in [-0.1, -0.05) is 36.4 Å². The van der Waals surface area contributed by atoms with Gasteiger partial charge < -0.3 is 10.4 Å². The van der Waals surface area contributed by atoms with E-state index in [0.29, 0.717) is 12.0 Å². The van der Waals surface area contributed by atoms with Crippen LogP contribution < -0.4 is 5.32 Å². The molecule has 0 bridgehead atoms. The van der Waals surface area contributed by atoms with E-state index in [1.807, 2.05) is 24.5 Å². The van der Waals surface area contributed by atoms with Crippen LogP contribution >= 0.6 is 0 Å². The van der Waals surface area contributed by atoms with Gasteiger partial charge in [-0.15, -0.1) is 0 Å². The van der Waals surface area contributed by atoms with Gasteiger partial charge in [0.1, 0.15) is 0 Å². The van der Waals surface area contributed by atoms with Crippen LogP contribution in [0.1, 0.15) is 36.3 Å². The van der Waals surface area contributed by atoms with Crippen molar-refractivity contribution in [2.45, 2.75) is 37.8 Å². The van der Waals surface area contributed by atoms with E-state index >= 15 is 0 Å².